The zero-order valence-corrected chi connectivity index (χ0v) is 6.22. The van der Waals surface area contributed by atoms with Crippen LogP contribution in [0, 0.1) is 0 Å². The van der Waals surface area contributed by atoms with Crippen LogP contribution in [0.4, 0.5) is 13.2 Å². The molecule has 0 bridgehead atoms. The molecule has 1 rings (SSSR count). The maximum atomic E-state index is 11.9. The van der Waals surface area contributed by atoms with Crippen LogP contribution in [-0.2, 0) is 6.18 Å². The van der Waals surface area contributed by atoms with E-state index >= 15 is 0 Å². The largest absolute Gasteiger partial charge is 0.481 e. The summed E-state index contributed by atoms with van der Waals surface area (Å²) in [7, 11) is 1.34. The molecule has 0 unspecified atom stereocenters. The Bertz CT molecular complexity index is 259. The Morgan fingerprint density at radius 1 is 1.42 bits per heavy atom. The predicted molar refractivity (Wildman–Crippen MR) is 37.9 cm³/mol. The predicted octanol–water partition coefficient (Wildman–Crippen LogP) is 2.36. The SMILES string of the molecule is COc1ccc(C(F)(F)F)cn1.[HH]. The molecule has 0 saturated carbocycles. The summed E-state index contributed by atoms with van der Waals surface area (Å²) in [6.07, 6.45) is -3.60. The Balaban J connectivity index is 0.00000144. The highest BCUT2D eigenvalue weighted by Crippen LogP contribution is 2.28. The van der Waals surface area contributed by atoms with Gasteiger partial charge in [-0.1, -0.05) is 0 Å². The molecule has 1 aromatic rings. The summed E-state index contributed by atoms with van der Waals surface area (Å²) in [6.45, 7) is 0. The van der Waals surface area contributed by atoms with E-state index in [1.807, 2.05) is 0 Å². The maximum absolute atomic E-state index is 11.9. The van der Waals surface area contributed by atoms with E-state index in [0.717, 1.165) is 12.3 Å². The molecule has 0 aromatic carbocycles. The zero-order valence-electron chi connectivity index (χ0n) is 6.22. The van der Waals surface area contributed by atoms with Crippen LogP contribution >= 0.6 is 0 Å². The van der Waals surface area contributed by atoms with Crippen LogP contribution in [0.2, 0.25) is 0 Å². The number of halogens is 3. The first kappa shape index (κ1) is 8.83. The number of methoxy groups -OCH3 is 1. The molecule has 0 amide bonds. The van der Waals surface area contributed by atoms with Gasteiger partial charge in [0.15, 0.2) is 0 Å². The lowest BCUT2D eigenvalue weighted by Gasteiger charge is -2.05. The highest BCUT2D eigenvalue weighted by atomic mass is 19.4. The minimum Gasteiger partial charge on any atom is -0.481 e. The van der Waals surface area contributed by atoms with Gasteiger partial charge in [-0.05, 0) is 6.07 Å². The fourth-order valence-electron chi connectivity index (χ4n) is 0.669. The second-order valence-corrected chi connectivity index (χ2v) is 2.09. The summed E-state index contributed by atoms with van der Waals surface area (Å²) in [5, 5.41) is 0. The van der Waals surface area contributed by atoms with Gasteiger partial charge in [-0.25, -0.2) is 4.98 Å². The Kier molecular flexibility index (Phi) is 2.21. The van der Waals surface area contributed by atoms with Crippen LogP contribution in [0.15, 0.2) is 18.3 Å². The molecule has 0 spiro atoms. The van der Waals surface area contributed by atoms with Gasteiger partial charge in [-0.2, -0.15) is 13.2 Å². The minimum atomic E-state index is -4.33. The van der Waals surface area contributed by atoms with Gasteiger partial charge in [-0.3, -0.25) is 0 Å². The Labute approximate surface area is 68.5 Å². The van der Waals surface area contributed by atoms with Crippen molar-refractivity contribution in [1.29, 1.82) is 0 Å². The van der Waals surface area contributed by atoms with Crippen molar-refractivity contribution < 1.29 is 19.3 Å². The molecule has 0 radical (unpaired) electrons. The molecular weight excluding hydrogens is 171 g/mol. The standard InChI is InChI=1S/C7H6F3NO.H2/c1-12-6-3-2-5(4-11-6)7(8,9)10;/h2-4H,1H3;1H. The van der Waals surface area contributed by atoms with Crippen molar-refractivity contribution in [3.05, 3.63) is 23.9 Å². The summed E-state index contributed by atoms with van der Waals surface area (Å²) in [5.41, 5.74) is -0.775. The summed E-state index contributed by atoms with van der Waals surface area (Å²) < 4.78 is 40.4. The van der Waals surface area contributed by atoms with Crippen molar-refractivity contribution in [2.45, 2.75) is 6.18 Å². The molecular formula is C7H8F3NO. The van der Waals surface area contributed by atoms with Gasteiger partial charge in [0, 0.05) is 13.7 Å². The van der Waals surface area contributed by atoms with Crippen molar-refractivity contribution in [1.82, 2.24) is 4.98 Å². The first-order chi connectivity index (χ1) is 5.54. The van der Waals surface area contributed by atoms with E-state index in [-0.39, 0.29) is 7.31 Å². The first-order valence-corrected chi connectivity index (χ1v) is 3.11. The lowest BCUT2D eigenvalue weighted by atomic mass is 10.3. The lowest BCUT2D eigenvalue weighted by Crippen LogP contribution is -2.05. The molecule has 0 atom stereocenters. The smallest absolute Gasteiger partial charge is 0.417 e. The monoisotopic (exact) mass is 179 g/mol. The van der Waals surface area contributed by atoms with Crippen molar-refractivity contribution >= 4 is 0 Å². The van der Waals surface area contributed by atoms with Gasteiger partial charge in [-0.15, -0.1) is 0 Å². The van der Waals surface area contributed by atoms with Crippen LogP contribution in [0.25, 0.3) is 0 Å². The Hall–Kier alpha value is -1.26. The fourth-order valence-corrected chi connectivity index (χ4v) is 0.669. The van der Waals surface area contributed by atoms with Crippen molar-refractivity contribution in [2.75, 3.05) is 7.11 Å². The molecule has 1 aromatic heterocycles. The van der Waals surface area contributed by atoms with Crippen molar-refractivity contribution in [2.24, 2.45) is 0 Å². The van der Waals surface area contributed by atoms with Crippen LogP contribution in [0.3, 0.4) is 0 Å². The molecule has 0 aliphatic rings. The van der Waals surface area contributed by atoms with Gasteiger partial charge >= 0.3 is 6.18 Å². The maximum Gasteiger partial charge on any atom is 0.417 e. The summed E-state index contributed by atoms with van der Waals surface area (Å²) in [6, 6.07) is 2.09. The van der Waals surface area contributed by atoms with Gasteiger partial charge in [0.2, 0.25) is 5.88 Å². The van der Waals surface area contributed by atoms with E-state index in [0.29, 0.717) is 0 Å². The number of ether oxygens (including phenoxy) is 1. The zero-order chi connectivity index (χ0) is 9.19. The fraction of sp³-hybridized carbons (Fsp3) is 0.286. The van der Waals surface area contributed by atoms with Crippen LogP contribution in [0.1, 0.15) is 6.99 Å². The summed E-state index contributed by atoms with van der Waals surface area (Å²) in [5.74, 6) is 0.169. The van der Waals surface area contributed by atoms with E-state index in [1.165, 1.54) is 13.2 Å². The van der Waals surface area contributed by atoms with E-state index in [2.05, 4.69) is 9.72 Å². The number of hydrogen-bond donors (Lipinski definition) is 0. The second kappa shape index (κ2) is 3.00. The van der Waals surface area contributed by atoms with Crippen molar-refractivity contribution in [3.8, 4) is 5.88 Å². The number of nitrogens with zero attached hydrogens (tertiary/aromatic N) is 1. The van der Waals surface area contributed by atoms with Gasteiger partial charge in [0.1, 0.15) is 0 Å². The average molecular weight is 179 g/mol. The number of rotatable bonds is 1. The number of pyridine rings is 1. The van der Waals surface area contributed by atoms with Crippen LogP contribution < -0.4 is 4.74 Å². The van der Waals surface area contributed by atoms with Crippen LogP contribution in [-0.4, -0.2) is 12.1 Å². The summed E-state index contributed by atoms with van der Waals surface area (Å²) >= 11 is 0. The molecule has 0 aliphatic heterocycles. The van der Waals surface area contributed by atoms with E-state index in [4.69, 9.17) is 0 Å². The number of alkyl halides is 3. The minimum absolute atomic E-state index is 0. The number of hydrogen-bond acceptors (Lipinski definition) is 2. The average Bonchev–Trinajstić information content (AvgIpc) is 2.03. The molecule has 0 aliphatic carbocycles. The molecule has 5 heteroatoms. The topological polar surface area (TPSA) is 22.1 Å². The lowest BCUT2D eigenvalue weighted by molar-refractivity contribution is -0.137. The van der Waals surface area contributed by atoms with Gasteiger partial charge in [0.05, 0.1) is 12.7 Å². The Morgan fingerprint density at radius 3 is 2.42 bits per heavy atom. The molecule has 1 heterocycles. The third-order valence-corrected chi connectivity index (χ3v) is 1.27. The molecule has 12 heavy (non-hydrogen) atoms. The third-order valence-electron chi connectivity index (χ3n) is 1.27. The quantitative estimate of drug-likeness (QED) is 0.660. The normalized spacial score (nSPS) is 11.3. The highest BCUT2D eigenvalue weighted by Gasteiger charge is 2.30. The number of aromatic nitrogens is 1. The second-order valence-electron chi connectivity index (χ2n) is 2.09. The molecule has 0 N–H and O–H groups in total. The third kappa shape index (κ3) is 1.87. The summed E-state index contributed by atoms with van der Waals surface area (Å²) in [4.78, 5) is 3.42. The molecule has 68 valence electrons. The van der Waals surface area contributed by atoms with E-state index < -0.39 is 11.7 Å². The van der Waals surface area contributed by atoms with Gasteiger partial charge in [0.25, 0.3) is 0 Å². The van der Waals surface area contributed by atoms with Gasteiger partial charge < -0.3 is 4.74 Å². The molecule has 2 nitrogen and oxygen atoms in total. The Morgan fingerprint density at radius 2 is 2.08 bits per heavy atom. The van der Waals surface area contributed by atoms with E-state index in [9.17, 15) is 13.2 Å². The molecule has 0 saturated heterocycles. The first-order valence-electron chi connectivity index (χ1n) is 3.11. The van der Waals surface area contributed by atoms with Crippen molar-refractivity contribution in [3.63, 3.8) is 0 Å². The van der Waals surface area contributed by atoms with E-state index in [1.54, 1.807) is 0 Å². The highest BCUT2D eigenvalue weighted by molar-refractivity contribution is 5.19. The molecule has 0 fully saturated rings. The van der Waals surface area contributed by atoms with Crippen LogP contribution in [0.5, 0.6) is 5.88 Å².